The summed E-state index contributed by atoms with van der Waals surface area (Å²) in [4.78, 5) is 8.17. The number of thiophene rings is 1. The number of nitrogens with two attached hydrogens (primary N) is 1. The van der Waals surface area contributed by atoms with Crippen LogP contribution in [0, 0.1) is 5.95 Å². The minimum absolute atomic E-state index is 0.278. The van der Waals surface area contributed by atoms with Crippen LogP contribution < -0.4 is 5.73 Å². The van der Waals surface area contributed by atoms with Gasteiger partial charge in [0, 0.05) is 23.1 Å². The van der Waals surface area contributed by atoms with E-state index < -0.39 is 36.2 Å². The van der Waals surface area contributed by atoms with E-state index in [0.717, 1.165) is 0 Å². The third-order valence-corrected chi connectivity index (χ3v) is 4.95. The van der Waals surface area contributed by atoms with Crippen LogP contribution in [-0.2, 0) is 10.3 Å². The van der Waals surface area contributed by atoms with Gasteiger partial charge in [-0.3, -0.25) is 0 Å². The predicted molar refractivity (Wildman–Crippen MR) is 82.0 cm³/mol. The number of nitrogens with zero attached hydrogens (tertiary/aromatic N) is 2. The van der Waals surface area contributed by atoms with Crippen LogP contribution in [0.15, 0.2) is 34.8 Å². The van der Waals surface area contributed by atoms with E-state index in [0.29, 0.717) is 10.4 Å². The first kappa shape index (κ1) is 16.7. The van der Waals surface area contributed by atoms with Crippen LogP contribution in [0.25, 0.3) is 11.1 Å². The van der Waals surface area contributed by atoms with Crippen molar-refractivity contribution in [1.29, 1.82) is 0 Å². The second-order valence-corrected chi connectivity index (χ2v) is 6.53. The molecule has 0 spiro atoms. The molecular formula is C15H13F4N3OS. The topological polar surface area (TPSA) is 60.5 Å². The van der Waals surface area contributed by atoms with Crippen molar-refractivity contribution in [3.63, 3.8) is 0 Å². The Bertz CT molecular complexity index is 789. The number of amidine groups is 1. The first-order chi connectivity index (χ1) is 11.2. The molecular weight excluding hydrogens is 346 g/mol. The molecule has 2 aromatic heterocycles. The number of halogens is 4. The molecule has 0 saturated carbocycles. The monoisotopic (exact) mass is 359 g/mol. The van der Waals surface area contributed by atoms with E-state index >= 15 is 0 Å². The van der Waals surface area contributed by atoms with E-state index in [4.69, 9.17) is 5.73 Å². The molecule has 1 aliphatic heterocycles. The highest BCUT2D eigenvalue weighted by Gasteiger charge is 2.49. The minimum Gasteiger partial charge on any atom is -0.452 e. The number of rotatable bonds is 2. The molecule has 0 unspecified atom stereocenters. The van der Waals surface area contributed by atoms with E-state index in [-0.39, 0.29) is 5.56 Å². The van der Waals surface area contributed by atoms with E-state index in [9.17, 15) is 17.6 Å². The van der Waals surface area contributed by atoms with Crippen LogP contribution in [0.1, 0.15) is 18.2 Å². The van der Waals surface area contributed by atoms with Crippen LogP contribution in [0.2, 0.25) is 0 Å². The van der Waals surface area contributed by atoms with Crippen LogP contribution in [0.5, 0.6) is 0 Å². The zero-order chi connectivity index (χ0) is 17.5. The Morgan fingerprint density at radius 3 is 2.83 bits per heavy atom. The lowest BCUT2D eigenvalue weighted by Gasteiger charge is -2.34. The van der Waals surface area contributed by atoms with Crippen molar-refractivity contribution in [3.8, 4) is 11.1 Å². The maximum atomic E-state index is 13.8. The molecule has 4 nitrogen and oxygen atoms in total. The van der Waals surface area contributed by atoms with Gasteiger partial charge < -0.3 is 10.5 Å². The van der Waals surface area contributed by atoms with Crippen molar-refractivity contribution >= 4 is 17.4 Å². The molecule has 0 amide bonds. The summed E-state index contributed by atoms with van der Waals surface area (Å²) < 4.78 is 57.4. The number of hydrogen-bond donors (Lipinski definition) is 1. The van der Waals surface area contributed by atoms with Crippen molar-refractivity contribution in [2.45, 2.75) is 31.2 Å². The molecule has 3 rings (SSSR count). The van der Waals surface area contributed by atoms with Crippen molar-refractivity contribution in [2.75, 3.05) is 0 Å². The summed E-state index contributed by atoms with van der Waals surface area (Å²) in [6.45, 7) is 1.55. The third kappa shape index (κ3) is 3.08. The van der Waals surface area contributed by atoms with Crippen molar-refractivity contribution in [1.82, 2.24) is 4.98 Å². The SMILES string of the molecule is C[C@@]1(c2cc(-c3cccnc3F)cs2)C[C@@H](C(F)(F)F)OC(N)=N1. The molecule has 2 N–H and O–H groups in total. The smallest absolute Gasteiger partial charge is 0.425 e. The van der Waals surface area contributed by atoms with Crippen LogP contribution in [0.4, 0.5) is 17.6 Å². The summed E-state index contributed by atoms with van der Waals surface area (Å²) in [5.41, 5.74) is 5.06. The van der Waals surface area contributed by atoms with Gasteiger partial charge in [-0.25, -0.2) is 9.98 Å². The molecule has 2 aromatic rings. The normalized spacial score (nSPS) is 24.4. The highest BCUT2D eigenvalue weighted by Crippen LogP contribution is 2.43. The van der Waals surface area contributed by atoms with Crippen LogP contribution in [-0.4, -0.2) is 23.3 Å². The van der Waals surface area contributed by atoms with Gasteiger partial charge >= 0.3 is 6.18 Å². The molecule has 0 saturated heterocycles. The Balaban J connectivity index is 1.97. The molecule has 0 fully saturated rings. The number of ether oxygens (including phenoxy) is 1. The highest BCUT2D eigenvalue weighted by molar-refractivity contribution is 7.10. The first-order valence-corrected chi connectivity index (χ1v) is 7.85. The van der Waals surface area contributed by atoms with Gasteiger partial charge in [0.2, 0.25) is 5.95 Å². The summed E-state index contributed by atoms with van der Waals surface area (Å²) in [6.07, 6.45) is -5.64. The zero-order valence-electron chi connectivity index (χ0n) is 12.5. The largest absolute Gasteiger partial charge is 0.452 e. The predicted octanol–water partition coefficient (Wildman–Crippen LogP) is 3.83. The second-order valence-electron chi connectivity index (χ2n) is 5.62. The lowest BCUT2D eigenvalue weighted by molar-refractivity contribution is -0.208. The molecule has 128 valence electrons. The minimum atomic E-state index is -4.54. The Morgan fingerprint density at radius 1 is 1.42 bits per heavy atom. The Labute approximate surface area is 139 Å². The number of pyridine rings is 1. The number of alkyl halides is 3. The van der Waals surface area contributed by atoms with Gasteiger partial charge in [-0.05, 0) is 36.1 Å². The summed E-state index contributed by atoms with van der Waals surface area (Å²) in [5.74, 6) is -0.643. The maximum absolute atomic E-state index is 13.8. The van der Waals surface area contributed by atoms with Gasteiger partial charge in [0.05, 0.1) is 0 Å². The first-order valence-electron chi connectivity index (χ1n) is 6.98. The molecule has 2 atom stereocenters. The summed E-state index contributed by atoms with van der Waals surface area (Å²) >= 11 is 1.19. The quantitative estimate of drug-likeness (QED) is 0.655. The van der Waals surface area contributed by atoms with E-state index in [2.05, 4.69) is 14.7 Å². The van der Waals surface area contributed by atoms with Gasteiger partial charge in [-0.15, -0.1) is 11.3 Å². The van der Waals surface area contributed by atoms with Crippen molar-refractivity contribution in [3.05, 3.63) is 40.6 Å². The number of aliphatic imine (C=N–C) groups is 1. The summed E-state index contributed by atoms with van der Waals surface area (Å²) in [6, 6.07) is 4.24. The van der Waals surface area contributed by atoms with Gasteiger partial charge in [0.1, 0.15) is 5.54 Å². The van der Waals surface area contributed by atoms with E-state index in [1.54, 1.807) is 30.5 Å². The molecule has 3 heterocycles. The zero-order valence-corrected chi connectivity index (χ0v) is 13.3. The van der Waals surface area contributed by atoms with Gasteiger partial charge in [-0.1, -0.05) is 0 Å². The lowest BCUT2D eigenvalue weighted by atomic mass is 9.91. The Morgan fingerprint density at radius 2 is 2.17 bits per heavy atom. The third-order valence-electron chi connectivity index (χ3n) is 3.77. The molecule has 1 aliphatic rings. The standard InChI is InChI=1S/C15H13F4N3OS/c1-14(6-10(15(17,18)19)23-13(20)22-14)11-5-8(7-24-11)9-3-2-4-21-12(9)16/h2-5,7,10H,6H2,1H3,(H2,20,22)/t10-,14-/m0/s1. The molecule has 24 heavy (non-hydrogen) atoms. The van der Waals surface area contributed by atoms with Gasteiger partial charge in [-0.2, -0.15) is 17.6 Å². The Hall–Kier alpha value is -2.16. The maximum Gasteiger partial charge on any atom is 0.425 e. The average Bonchev–Trinajstić information content (AvgIpc) is 2.96. The van der Waals surface area contributed by atoms with Gasteiger partial charge in [0.15, 0.2) is 6.10 Å². The van der Waals surface area contributed by atoms with Crippen molar-refractivity contribution < 1.29 is 22.3 Å². The van der Waals surface area contributed by atoms with Gasteiger partial charge in [0.25, 0.3) is 6.02 Å². The van der Waals surface area contributed by atoms with E-state index in [1.807, 2.05) is 0 Å². The molecule has 9 heteroatoms. The average molecular weight is 359 g/mol. The Kier molecular flexibility index (Phi) is 3.98. The summed E-state index contributed by atoms with van der Waals surface area (Å²) in [5, 5.41) is 1.66. The molecule has 0 radical (unpaired) electrons. The molecule has 0 bridgehead atoms. The summed E-state index contributed by atoms with van der Waals surface area (Å²) in [7, 11) is 0. The fourth-order valence-corrected chi connectivity index (χ4v) is 3.59. The second kappa shape index (κ2) is 5.73. The number of aromatic nitrogens is 1. The van der Waals surface area contributed by atoms with Crippen molar-refractivity contribution in [2.24, 2.45) is 10.7 Å². The fraction of sp³-hybridized carbons (Fsp3) is 0.333. The highest BCUT2D eigenvalue weighted by atomic mass is 32.1. The van der Waals surface area contributed by atoms with Crippen LogP contribution >= 0.6 is 11.3 Å². The molecule has 0 aromatic carbocycles. The van der Waals surface area contributed by atoms with Crippen LogP contribution in [0.3, 0.4) is 0 Å². The molecule has 0 aliphatic carbocycles. The number of hydrogen-bond acceptors (Lipinski definition) is 5. The van der Waals surface area contributed by atoms with E-state index in [1.165, 1.54) is 17.5 Å². The lowest BCUT2D eigenvalue weighted by Crippen LogP contribution is -2.45. The fourth-order valence-electron chi connectivity index (χ4n) is 2.56.